The fourth-order valence-electron chi connectivity index (χ4n) is 2.32. The Balaban J connectivity index is 1.81. The molecular formula is C20H26N4O2. The number of hydrogen-bond acceptors (Lipinski definition) is 3. The molecule has 0 saturated heterocycles. The van der Waals surface area contributed by atoms with Gasteiger partial charge in [-0.3, -0.25) is 4.79 Å². The van der Waals surface area contributed by atoms with Crippen LogP contribution in [-0.2, 0) is 11.3 Å². The predicted octanol–water partition coefficient (Wildman–Crippen LogP) is 2.86. The van der Waals surface area contributed by atoms with Crippen LogP contribution in [0.2, 0.25) is 0 Å². The summed E-state index contributed by atoms with van der Waals surface area (Å²) in [5, 5.41) is 5.82. The molecular weight excluding hydrogens is 328 g/mol. The van der Waals surface area contributed by atoms with Crippen LogP contribution in [0.4, 0.5) is 5.69 Å². The molecule has 2 aromatic carbocycles. The first-order chi connectivity index (χ1) is 12.5. The van der Waals surface area contributed by atoms with Gasteiger partial charge in [-0.2, -0.15) is 0 Å². The summed E-state index contributed by atoms with van der Waals surface area (Å²) in [6, 6.07) is 15.5. The lowest BCUT2D eigenvalue weighted by atomic mass is 10.0. The fraction of sp³-hybridized carbons (Fsp3) is 0.300. The average molecular weight is 354 g/mol. The van der Waals surface area contributed by atoms with Gasteiger partial charge in [0.25, 0.3) is 0 Å². The van der Waals surface area contributed by atoms with Crippen molar-refractivity contribution >= 4 is 17.6 Å². The lowest BCUT2D eigenvalue weighted by molar-refractivity contribution is -0.119. The summed E-state index contributed by atoms with van der Waals surface area (Å²) in [6.45, 7) is 4.66. The largest absolute Gasteiger partial charge is 0.497 e. The molecule has 4 N–H and O–H groups in total. The zero-order valence-corrected chi connectivity index (χ0v) is 15.5. The van der Waals surface area contributed by atoms with Crippen molar-refractivity contribution in [1.82, 2.24) is 5.32 Å². The Morgan fingerprint density at radius 2 is 1.92 bits per heavy atom. The van der Waals surface area contributed by atoms with Gasteiger partial charge in [0.2, 0.25) is 5.91 Å². The first-order valence-electron chi connectivity index (χ1n) is 8.54. The van der Waals surface area contributed by atoms with Crippen molar-refractivity contribution in [1.29, 1.82) is 0 Å². The third-order valence-corrected chi connectivity index (χ3v) is 3.87. The third kappa shape index (κ3) is 6.12. The van der Waals surface area contributed by atoms with Gasteiger partial charge in [0, 0.05) is 12.2 Å². The highest BCUT2D eigenvalue weighted by atomic mass is 16.5. The zero-order chi connectivity index (χ0) is 18.9. The summed E-state index contributed by atoms with van der Waals surface area (Å²) >= 11 is 0. The van der Waals surface area contributed by atoms with Crippen LogP contribution in [0.3, 0.4) is 0 Å². The molecule has 6 nitrogen and oxygen atoms in total. The Morgan fingerprint density at radius 3 is 2.58 bits per heavy atom. The van der Waals surface area contributed by atoms with Crippen LogP contribution in [0.25, 0.3) is 0 Å². The number of nitrogens with one attached hydrogen (secondary N) is 2. The van der Waals surface area contributed by atoms with E-state index in [1.807, 2.05) is 42.5 Å². The van der Waals surface area contributed by atoms with E-state index in [9.17, 15) is 4.79 Å². The number of aliphatic imine (C=N–C) groups is 1. The van der Waals surface area contributed by atoms with Crippen LogP contribution in [0.5, 0.6) is 5.75 Å². The van der Waals surface area contributed by atoms with Crippen LogP contribution >= 0.6 is 0 Å². The first-order valence-corrected chi connectivity index (χ1v) is 8.54. The van der Waals surface area contributed by atoms with Crippen LogP contribution in [0.15, 0.2) is 53.5 Å². The number of methoxy groups -OCH3 is 1. The SMILES string of the molecule is COc1ccc(CNC(=O)CN=C(N)Nc2cccc(C(C)C)c2)cc1. The van der Waals surface area contributed by atoms with Crippen molar-refractivity contribution in [2.24, 2.45) is 10.7 Å². The van der Waals surface area contributed by atoms with Crippen LogP contribution < -0.4 is 21.1 Å². The smallest absolute Gasteiger partial charge is 0.242 e. The maximum Gasteiger partial charge on any atom is 0.242 e. The van der Waals surface area contributed by atoms with Gasteiger partial charge in [-0.15, -0.1) is 0 Å². The number of guanidine groups is 1. The zero-order valence-electron chi connectivity index (χ0n) is 15.5. The van der Waals surface area contributed by atoms with Crippen LogP contribution in [0, 0.1) is 0 Å². The second-order valence-corrected chi connectivity index (χ2v) is 6.23. The molecule has 0 atom stereocenters. The van der Waals surface area contributed by atoms with E-state index in [-0.39, 0.29) is 18.4 Å². The van der Waals surface area contributed by atoms with E-state index >= 15 is 0 Å². The van der Waals surface area contributed by atoms with Gasteiger partial charge in [0.15, 0.2) is 5.96 Å². The van der Waals surface area contributed by atoms with E-state index in [4.69, 9.17) is 10.5 Å². The Hall–Kier alpha value is -3.02. The van der Waals surface area contributed by atoms with Crippen molar-refractivity contribution < 1.29 is 9.53 Å². The number of rotatable bonds is 7. The minimum Gasteiger partial charge on any atom is -0.497 e. The number of benzene rings is 2. The second kappa shape index (κ2) is 9.46. The number of amides is 1. The molecule has 6 heteroatoms. The molecule has 0 radical (unpaired) electrons. The molecule has 0 bridgehead atoms. The Kier molecular flexibility index (Phi) is 7.02. The maximum atomic E-state index is 11.9. The summed E-state index contributed by atoms with van der Waals surface area (Å²) in [5.41, 5.74) is 8.92. The first kappa shape index (κ1) is 19.3. The number of ether oxygens (including phenoxy) is 1. The Morgan fingerprint density at radius 1 is 1.19 bits per heavy atom. The number of carbonyl (C=O) groups excluding carboxylic acids is 1. The number of anilines is 1. The van der Waals surface area contributed by atoms with E-state index in [0.717, 1.165) is 17.0 Å². The highest BCUT2D eigenvalue weighted by Gasteiger charge is 2.03. The normalized spacial score (nSPS) is 11.3. The molecule has 2 aromatic rings. The number of nitrogens with zero attached hydrogens (tertiary/aromatic N) is 1. The lowest BCUT2D eigenvalue weighted by Gasteiger charge is -2.10. The number of nitrogens with two attached hydrogens (primary N) is 1. The van der Waals surface area contributed by atoms with Crippen LogP contribution in [0.1, 0.15) is 30.9 Å². The summed E-state index contributed by atoms with van der Waals surface area (Å²) in [6.07, 6.45) is 0. The van der Waals surface area contributed by atoms with E-state index in [2.05, 4.69) is 35.5 Å². The lowest BCUT2D eigenvalue weighted by Crippen LogP contribution is -2.28. The topological polar surface area (TPSA) is 88.7 Å². The standard InChI is InChI=1S/C20H26N4O2/c1-14(2)16-5-4-6-17(11-16)24-20(21)23-13-19(25)22-12-15-7-9-18(26-3)10-8-15/h4-11,14H,12-13H2,1-3H3,(H,22,25)(H3,21,23,24). The van der Waals surface area contributed by atoms with Gasteiger partial charge in [-0.05, 0) is 41.3 Å². The minimum absolute atomic E-state index is 0.0289. The van der Waals surface area contributed by atoms with Crippen molar-refractivity contribution in [3.63, 3.8) is 0 Å². The molecule has 0 aliphatic carbocycles. The van der Waals surface area contributed by atoms with E-state index in [1.54, 1.807) is 7.11 Å². The summed E-state index contributed by atoms with van der Waals surface area (Å²) in [7, 11) is 1.62. The van der Waals surface area contributed by atoms with Crippen LogP contribution in [-0.4, -0.2) is 25.5 Å². The maximum absolute atomic E-state index is 11.9. The summed E-state index contributed by atoms with van der Waals surface area (Å²) < 4.78 is 5.10. The predicted molar refractivity (Wildman–Crippen MR) is 105 cm³/mol. The third-order valence-electron chi connectivity index (χ3n) is 3.87. The van der Waals surface area contributed by atoms with E-state index in [1.165, 1.54) is 5.56 Å². The van der Waals surface area contributed by atoms with Gasteiger partial charge < -0.3 is 21.1 Å². The Bertz CT molecular complexity index is 755. The van der Waals surface area contributed by atoms with E-state index < -0.39 is 0 Å². The fourth-order valence-corrected chi connectivity index (χ4v) is 2.32. The average Bonchev–Trinajstić information content (AvgIpc) is 2.65. The number of hydrogen-bond donors (Lipinski definition) is 3. The van der Waals surface area contributed by atoms with Gasteiger partial charge in [-0.25, -0.2) is 4.99 Å². The van der Waals surface area contributed by atoms with E-state index in [0.29, 0.717) is 12.5 Å². The van der Waals surface area contributed by atoms with Gasteiger partial charge in [0.1, 0.15) is 12.3 Å². The quantitative estimate of drug-likeness (QED) is 0.527. The molecule has 0 saturated carbocycles. The highest BCUT2D eigenvalue weighted by Crippen LogP contribution is 2.18. The molecule has 138 valence electrons. The summed E-state index contributed by atoms with van der Waals surface area (Å²) in [5.74, 6) is 1.23. The Labute approximate surface area is 154 Å². The molecule has 0 aliphatic heterocycles. The van der Waals surface area contributed by atoms with Crippen molar-refractivity contribution in [2.45, 2.75) is 26.3 Å². The van der Waals surface area contributed by atoms with Gasteiger partial charge >= 0.3 is 0 Å². The minimum atomic E-state index is -0.193. The molecule has 0 heterocycles. The van der Waals surface area contributed by atoms with Gasteiger partial charge in [-0.1, -0.05) is 38.1 Å². The molecule has 0 aromatic heterocycles. The van der Waals surface area contributed by atoms with Crippen molar-refractivity contribution in [2.75, 3.05) is 19.0 Å². The number of carbonyl (C=O) groups is 1. The van der Waals surface area contributed by atoms with Crippen molar-refractivity contribution in [3.8, 4) is 5.75 Å². The van der Waals surface area contributed by atoms with Crippen molar-refractivity contribution in [3.05, 3.63) is 59.7 Å². The second-order valence-electron chi connectivity index (χ2n) is 6.23. The molecule has 26 heavy (non-hydrogen) atoms. The monoisotopic (exact) mass is 354 g/mol. The molecule has 0 aliphatic rings. The molecule has 0 spiro atoms. The molecule has 1 amide bonds. The molecule has 0 unspecified atom stereocenters. The van der Waals surface area contributed by atoms with Gasteiger partial charge in [0.05, 0.1) is 7.11 Å². The molecule has 2 rings (SSSR count). The summed E-state index contributed by atoms with van der Waals surface area (Å²) in [4.78, 5) is 16.0. The molecule has 0 fully saturated rings. The highest BCUT2D eigenvalue weighted by molar-refractivity contribution is 5.93.